The molecule has 0 saturated carbocycles. The molecule has 1 saturated heterocycles. The number of guanidine groups is 1. The Balaban J connectivity index is 0.00000363. The molecule has 1 fully saturated rings. The molecule has 32 heavy (non-hydrogen) atoms. The van der Waals surface area contributed by atoms with Gasteiger partial charge in [-0.2, -0.15) is 0 Å². The van der Waals surface area contributed by atoms with Crippen molar-refractivity contribution in [2.75, 3.05) is 58.4 Å². The summed E-state index contributed by atoms with van der Waals surface area (Å²) in [6.45, 7) is 7.15. The van der Waals surface area contributed by atoms with Gasteiger partial charge in [-0.1, -0.05) is 12.1 Å². The van der Waals surface area contributed by atoms with Crippen LogP contribution in [0.3, 0.4) is 0 Å². The maximum absolute atomic E-state index is 13.5. The molecule has 1 atom stereocenters. The van der Waals surface area contributed by atoms with Gasteiger partial charge in [-0.15, -0.1) is 24.0 Å². The van der Waals surface area contributed by atoms with E-state index in [0.717, 1.165) is 42.5 Å². The van der Waals surface area contributed by atoms with E-state index in [0.29, 0.717) is 26.3 Å². The largest absolute Gasteiger partial charge is 0.379 e. The molecular weight excluding hydrogens is 522 g/mol. The third kappa shape index (κ3) is 7.86. The fraction of sp³-hybridized carbons (Fsp3) is 0.478. The zero-order valence-corrected chi connectivity index (χ0v) is 21.4. The minimum atomic E-state index is -0.221. The lowest BCUT2D eigenvalue weighted by atomic mass is 10.0. The smallest absolute Gasteiger partial charge is 0.191 e. The number of aromatic nitrogens is 1. The lowest BCUT2D eigenvalue weighted by Gasteiger charge is -2.35. The normalized spacial score (nSPS) is 15.6. The molecule has 0 bridgehead atoms. The molecule has 1 aliphatic heterocycles. The van der Waals surface area contributed by atoms with Gasteiger partial charge in [0.25, 0.3) is 0 Å². The number of hydrogen-bond acceptors (Lipinski definition) is 5. The van der Waals surface area contributed by atoms with E-state index in [4.69, 9.17) is 9.73 Å². The summed E-state index contributed by atoms with van der Waals surface area (Å²) in [5, 5.41) is 6.79. The first-order valence-corrected chi connectivity index (χ1v) is 10.8. The Morgan fingerprint density at radius 3 is 2.56 bits per heavy atom. The Bertz CT molecular complexity index is 843. The first-order valence-electron chi connectivity index (χ1n) is 10.8. The van der Waals surface area contributed by atoms with Crippen LogP contribution in [0.25, 0.3) is 0 Å². The van der Waals surface area contributed by atoms with Crippen molar-refractivity contribution >= 4 is 35.8 Å². The molecule has 2 aromatic rings. The summed E-state index contributed by atoms with van der Waals surface area (Å²) in [5.74, 6) is 1.45. The highest BCUT2D eigenvalue weighted by Crippen LogP contribution is 2.21. The lowest BCUT2D eigenvalue weighted by Crippen LogP contribution is -2.46. The van der Waals surface area contributed by atoms with Gasteiger partial charge >= 0.3 is 0 Å². The predicted octanol–water partition coefficient (Wildman–Crippen LogP) is 3.03. The van der Waals surface area contributed by atoms with Gasteiger partial charge in [0.05, 0.1) is 25.8 Å². The van der Waals surface area contributed by atoms with Gasteiger partial charge in [0.15, 0.2) is 5.96 Å². The number of anilines is 1. The van der Waals surface area contributed by atoms with Crippen molar-refractivity contribution < 1.29 is 9.13 Å². The average molecular weight is 556 g/mol. The molecule has 0 radical (unpaired) electrons. The summed E-state index contributed by atoms with van der Waals surface area (Å²) >= 11 is 0. The molecule has 2 heterocycles. The highest BCUT2D eigenvalue weighted by Gasteiger charge is 2.23. The molecule has 7 nitrogen and oxygen atoms in total. The molecule has 9 heteroatoms. The van der Waals surface area contributed by atoms with Crippen LogP contribution in [-0.2, 0) is 11.3 Å². The van der Waals surface area contributed by atoms with Crippen LogP contribution < -0.4 is 15.5 Å². The number of morpholine rings is 1. The van der Waals surface area contributed by atoms with E-state index in [1.54, 1.807) is 0 Å². The van der Waals surface area contributed by atoms with Crippen LogP contribution in [0.1, 0.15) is 24.1 Å². The topological polar surface area (TPSA) is 65.0 Å². The molecule has 1 aromatic heterocycles. The minimum Gasteiger partial charge on any atom is -0.379 e. The molecule has 3 rings (SSSR count). The Morgan fingerprint density at radius 1 is 1.19 bits per heavy atom. The molecule has 1 aromatic carbocycles. The van der Waals surface area contributed by atoms with Gasteiger partial charge in [0.1, 0.15) is 11.6 Å². The van der Waals surface area contributed by atoms with Crippen molar-refractivity contribution in [1.82, 2.24) is 20.5 Å². The first-order chi connectivity index (χ1) is 15.1. The Morgan fingerprint density at radius 2 is 1.91 bits per heavy atom. The standard InChI is InChI=1S/C23H33FN6O.HI/c1-4-25-23(27-16-18-9-10-26-22(15-18)29(2)3)28-17-21(30-11-13-31-14-12-30)19-5-7-20(24)8-6-19;/h5-10,15,21H,4,11-14,16-17H2,1-3H3,(H2,25,27,28);1H. The molecule has 0 amide bonds. The highest BCUT2D eigenvalue weighted by atomic mass is 127. The Labute approximate surface area is 207 Å². The summed E-state index contributed by atoms with van der Waals surface area (Å²) in [4.78, 5) is 13.5. The Kier molecular flexibility index (Phi) is 11.1. The maximum Gasteiger partial charge on any atom is 0.191 e. The van der Waals surface area contributed by atoms with Crippen molar-refractivity contribution in [3.8, 4) is 0 Å². The zero-order chi connectivity index (χ0) is 22.1. The van der Waals surface area contributed by atoms with Gasteiger partial charge in [-0.3, -0.25) is 4.90 Å². The number of benzene rings is 1. The van der Waals surface area contributed by atoms with Crippen LogP contribution in [0.5, 0.6) is 0 Å². The lowest BCUT2D eigenvalue weighted by molar-refractivity contribution is 0.0170. The van der Waals surface area contributed by atoms with Gasteiger partial charge in [0.2, 0.25) is 0 Å². The second-order valence-corrected chi connectivity index (χ2v) is 7.71. The number of nitrogens with zero attached hydrogens (tertiary/aromatic N) is 4. The van der Waals surface area contributed by atoms with E-state index in [9.17, 15) is 4.39 Å². The predicted molar refractivity (Wildman–Crippen MR) is 138 cm³/mol. The fourth-order valence-electron chi connectivity index (χ4n) is 3.54. The third-order valence-electron chi connectivity index (χ3n) is 5.24. The van der Waals surface area contributed by atoms with Gasteiger partial charge in [-0.25, -0.2) is 14.4 Å². The number of aliphatic imine (C=N–C) groups is 1. The summed E-state index contributed by atoms with van der Waals surface area (Å²) in [6, 6.07) is 10.9. The number of ether oxygens (including phenoxy) is 1. The van der Waals surface area contributed by atoms with Gasteiger partial charge < -0.3 is 20.3 Å². The molecule has 0 spiro atoms. The number of hydrogen-bond donors (Lipinski definition) is 2. The molecule has 0 aliphatic carbocycles. The monoisotopic (exact) mass is 556 g/mol. The number of pyridine rings is 1. The summed E-state index contributed by atoms with van der Waals surface area (Å²) in [7, 11) is 3.95. The SMILES string of the molecule is CCNC(=NCc1ccnc(N(C)C)c1)NCC(c1ccc(F)cc1)N1CCOCC1.I. The van der Waals surface area contributed by atoms with E-state index in [1.165, 1.54) is 12.1 Å². The third-order valence-corrected chi connectivity index (χ3v) is 5.24. The van der Waals surface area contributed by atoms with Crippen LogP contribution in [0.4, 0.5) is 10.2 Å². The second-order valence-electron chi connectivity index (χ2n) is 7.71. The van der Waals surface area contributed by atoms with Crippen LogP contribution in [0, 0.1) is 5.82 Å². The number of halogens is 2. The van der Waals surface area contributed by atoms with Crippen LogP contribution >= 0.6 is 24.0 Å². The molecule has 1 aliphatic rings. The summed E-state index contributed by atoms with van der Waals surface area (Å²) in [5.41, 5.74) is 2.18. The van der Waals surface area contributed by atoms with Crippen molar-refractivity contribution in [3.63, 3.8) is 0 Å². The number of rotatable bonds is 8. The van der Waals surface area contributed by atoms with E-state index < -0.39 is 0 Å². The zero-order valence-electron chi connectivity index (χ0n) is 19.1. The molecule has 1 unspecified atom stereocenters. The van der Waals surface area contributed by atoms with Crippen molar-refractivity contribution in [2.45, 2.75) is 19.5 Å². The number of nitrogens with one attached hydrogen (secondary N) is 2. The van der Waals surface area contributed by atoms with Crippen LogP contribution in [-0.4, -0.2) is 69.3 Å². The van der Waals surface area contributed by atoms with E-state index in [2.05, 4.69) is 20.5 Å². The van der Waals surface area contributed by atoms with Crippen molar-refractivity contribution in [1.29, 1.82) is 0 Å². The van der Waals surface area contributed by atoms with Crippen molar-refractivity contribution in [2.24, 2.45) is 4.99 Å². The Hall–Kier alpha value is -1.98. The molecule has 2 N–H and O–H groups in total. The quantitative estimate of drug-likeness (QED) is 0.296. The summed E-state index contributed by atoms with van der Waals surface area (Å²) < 4.78 is 19.0. The van der Waals surface area contributed by atoms with E-state index in [-0.39, 0.29) is 35.8 Å². The average Bonchev–Trinajstić information content (AvgIpc) is 2.79. The maximum atomic E-state index is 13.5. The van der Waals surface area contributed by atoms with E-state index >= 15 is 0 Å². The second kappa shape index (κ2) is 13.5. The molecular formula is C23H34FIN6O. The van der Waals surface area contributed by atoms with Gasteiger partial charge in [-0.05, 0) is 42.3 Å². The summed E-state index contributed by atoms with van der Waals surface area (Å²) in [6.07, 6.45) is 1.81. The van der Waals surface area contributed by atoms with E-state index in [1.807, 2.05) is 56.4 Å². The van der Waals surface area contributed by atoms with Gasteiger partial charge in [0, 0.05) is 46.5 Å². The van der Waals surface area contributed by atoms with Crippen molar-refractivity contribution in [3.05, 3.63) is 59.5 Å². The minimum absolute atomic E-state index is 0. The highest BCUT2D eigenvalue weighted by molar-refractivity contribution is 14.0. The fourth-order valence-corrected chi connectivity index (χ4v) is 3.54. The van der Waals surface area contributed by atoms with Crippen LogP contribution in [0.15, 0.2) is 47.6 Å². The first kappa shape index (κ1) is 26.3. The van der Waals surface area contributed by atoms with Crippen LogP contribution in [0.2, 0.25) is 0 Å². The molecule has 176 valence electrons.